The number of likely N-dealkylation sites (N-methyl/N-ethyl adjacent to an activating group) is 1. The van der Waals surface area contributed by atoms with Gasteiger partial charge in [-0.2, -0.15) is 11.8 Å². The van der Waals surface area contributed by atoms with Crippen LogP contribution in [0, 0.1) is 0 Å². The first-order chi connectivity index (χ1) is 13.5. The molecule has 0 spiro atoms. The molecule has 1 aliphatic heterocycles. The maximum atomic E-state index is 10.4. The van der Waals surface area contributed by atoms with Crippen LogP contribution in [0.2, 0.25) is 0 Å². The quantitative estimate of drug-likeness (QED) is 0.811. The van der Waals surface area contributed by atoms with Gasteiger partial charge in [0.15, 0.2) is 23.0 Å². The summed E-state index contributed by atoms with van der Waals surface area (Å²) in [4.78, 5) is 2.27. The Balaban J connectivity index is 2.14. The van der Waals surface area contributed by atoms with Crippen LogP contribution in [-0.4, -0.2) is 52.0 Å². The first-order valence-electron chi connectivity index (χ1n) is 9.37. The van der Waals surface area contributed by atoms with Gasteiger partial charge in [-0.3, -0.25) is 0 Å². The first kappa shape index (κ1) is 20.5. The van der Waals surface area contributed by atoms with E-state index in [2.05, 4.69) is 30.3 Å². The van der Waals surface area contributed by atoms with E-state index in [1.165, 1.54) is 16.7 Å². The predicted octanol–water partition coefficient (Wildman–Crippen LogP) is 4.10. The van der Waals surface area contributed by atoms with Crippen LogP contribution in [0.3, 0.4) is 0 Å². The Morgan fingerprint density at radius 2 is 1.64 bits per heavy atom. The van der Waals surface area contributed by atoms with Gasteiger partial charge in [-0.25, -0.2) is 0 Å². The number of rotatable bonds is 5. The van der Waals surface area contributed by atoms with Gasteiger partial charge in [-0.15, -0.1) is 0 Å². The number of methoxy groups -OCH3 is 3. The molecule has 0 saturated heterocycles. The number of nitrogens with zero attached hydrogens (tertiary/aromatic N) is 1. The standard InChI is InChI=1S/C22H29NO4S/c1-23-7-6-14-9-20(25-2)19(24)11-17(14)16(13-28-5)8-15-10-21(26-3)22(27-4)12-18(15)23/h9-12,16,24H,6-8,13H2,1-5H3. The molecule has 2 aromatic rings. The van der Waals surface area contributed by atoms with Gasteiger partial charge in [-0.05, 0) is 59.9 Å². The van der Waals surface area contributed by atoms with Crippen LogP contribution in [0.15, 0.2) is 24.3 Å². The number of ether oxygens (including phenoxy) is 3. The Hall–Kier alpha value is -2.21. The highest BCUT2D eigenvalue weighted by Gasteiger charge is 2.24. The maximum absolute atomic E-state index is 10.4. The van der Waals surface area contributed by atoms with E-state index in [0.717, 1.165) is 42.3 Å². The highest BCUT2D eigenvalue weighted by molar-refractivity contribution is 7.98. The van der Waals surface area contributed by atoms with E-state index < -0.39 is 0 Å². The highest BCUT2D eigenvalue weighted by Crippen LogP contribution is 2.41. The summed E-state index contributed by atoms with van der Waals surface area (Å²) in [6, 6.07) is 8.04. The second-order valence-corrected chi connectivity index (χ2v) is 8.00. The molecule has 152 valence electrons. The van der Waals surface area contributed by atoms with E-state index in [0.29, 0.717) is 5.75 Å². The van der Waals surface area contributed by atoms with Crippen molar-refractivity contribution in [3.05, 3.63) is 41.0 Å². The SMILES string of the molecule is COc1cc2c(cc1O)C(CSC)Cc1cc(OC)c(OC)cc1N(C)CC2. The number of hydrogen-bond acceptors (Lipinski definition) is 6. The lowest BCUT2D eigenvalue weighted by atomic mass is 9.88. The van der Waals surface area contributed by atoms with Crippen LogP contribution in [-0.2, 0) is 12.8 Å². The van der Waals surface area contributed by atoms with Crippen molar-refractivity contribution in [2.24, 2.45) is 0 Å². The number of thioether (sulfide) groups is 1. The molecule has 1 aliphatic rings. The topological polar surface area (TPSA) is 51.2 Å². The van der Waals surface area contributed by atoms with Gasteiger partial charge >= 0.3 is 0 Å². The number of benzene rings is 2. The molecule has 0 fully saturated rings. The second kappa shape index (κ2) is 8.86. The van der Waals surface area contributed by atoms with Crippen LogP contribution in [0.5, 0.6) is 23.0 Å². The maximum Gasteiger partial charge on any atom is 0.162 e. The summed E-state index contributed by atoms with van der Waals surface area (Å²) in [5.41, 5.74) is 4.81. The molecule has 0 aromatic heterocycles. The second-order valence-electron chi connectivity index (χ2n) is 7.09. The van der Waals surface area contributed by atoms with Gasteiger partial charge in [0, 0.05) is 31.1 Å². The highest BCUT2D eigenvalue weighted by atomic mass is 32.2. The summed E-state index contributed by atoms with van der Waals surface area (Å²) in [6.45, 7) is 0.857. The number of hydrogen-bond donors (Lipinski definition) is 1. The molecular formula is C22H29NO4S. The van der Waals surface area contributed by atoms with E-state index in [1.54, 1.807) is 21.3 Å². The van der Waals surface area contributed by atoms with Gasteiger partial charge in [0.1, 0.15) is 0 Å². The molecule has 0 aliphatic carbocycles. The van der Waals surface area contributed by atoms with Crippen LogP contribution < -0.4 is 19.1 Å². The minimum absolute atomic E-state index is 0.201. The molecule has 28 heavy (non-hydrogen) atoms. The molecule has 1 unspecified atom stereocenters. The summed E-state index contributed by atoms with van der Waals surface area (Å²) in [6.07, 6.45) is 3.86. The van der Waals surface area contributed by atoms with Crippen molar-refractivity contribution < 1.29 is 19.3 Å². The van der Waals surface area contributed by atoms with Crippen molar-refractivity contribution in [2.75, 3.05) is 51.8 Å². The molecule has 0 saturated carbocycles. The van der Waals surface area contributed by atoms with Crippen molar-refractivity contribution in [2.45, 2.75) is 18.8 Å². The fraction of sp³-hybridized carbons (Fsp3) is 0.455. The molecular weight excluding hydrogens is 374 g/mol. The molecule has 2 aromatic carbocycles. The third-order valence-electron chi connectivity index (χ3n) is 5.43. The van der Waals surface area contributed by atoms with E-state index in [1.807, 2.05) is 23.9 Å². The minimum atomic E-state index is 0.201. The molecule has 6 heteroatoms. The molecule has 1 N–H and O–H groups in total. The lowest BCUT2D eigenvalue weighted by Gasteiger charge is -2.24. The smallest absolute Gasteiger partial charge is 0.162 e. The zero-order valence-electron chi connectivity index (χ0n) is 17.2. The van der Waals surface area contributed by atoms with Gasteiger partial charge < -0.3 is 24.2 Å². The van der Waals surface area contributed by atoms with Gasteiger partial charge in [-0.1, -0.05) is 0 Å². The number of anilines is 1. The average molecular weight is 404 g/mol. The van der Waals surface area contributed by atoms with Crippen molar-refractivity contribution in [3.63, 3.8) is 0 Å². The van der Waals surface area contributed by atoms with Gasteiger partial charge in [0.25, 0.3) is 0 Å². The largest absolute Gasteiger partial charge is 0.504 e. The Kier molecular flexibility index (Phi) is 6.50. The third-order valence-corrected chi connectivity index (χ3v) is 6.16. The van der Waals surface area contributed by atoms with Crippen molar-refractivity contribution in [3.8, 4) is 23.0 Å². The van der Waals surface area contributed by atoms with Crippen molar-refractivity contribution in [1.29, 1.82) is 0 Å². The lowest BCUT2D eigenvalue weighted by molar-refractivity contribution is 0.354. The van der Waals surface area contributed by atoms with E-state index >= 15 is 0 Å². The van der Waals surface area contributed by atoms with E-state index in [9.17, 15) is 5.11 Å². The zero-order chi connectivity index (χ0) is 20.3. The lowest BCUT2D eigenvalue weighted by Crippen LogP contribution is -2.21. The van der Waals surface area contributed by atoms with E-state index in [-0.39, 0.29) is 11.7 Å². The average Bonchev–Trinajstić information content (AvgIpc) is 2.75. The molecule has 0 amide bonds. The summed E-state index contributed by atoms with van der Waals surface area (Å²) in [7, 11) is 7.04. The molecule has 0 radical (unpaired) electrons. The number of fused-ring (bicyclic) bond motifs is 2. The molecule has 1 heterocycles. The monoisotopic (exact) mass is 403 g/mol. The molecule has 1 atom stereocenters. The van der Waals surface area contributed by atoms with Crippen LogP contribution >= 0.6 is 11.8 Å². The zero-order valence-corrected chi connectivity index (χ0v) is 18.1. The Bertz CT molecular complexity index is 840. The van der Waals surface area contributed by atoms with Gasteiger partial charge in [0.2, 0.25) is 0 Å². The third kappa shape index (κ3) is 3.97. The van der Waals surface area contributed by atoms with Crippen LogP contribution in [0.1, 0.15) is 22.6 Å². The first-order valence-corrected chi connectivity index (χ1v) is 10.8. The number of phenols is 1. The molecule has 0 bridgehead atoms. The Morgan fingerprint density at radius 3 is 2.29 bits per heavy atom. The normalized spacial score (nSPS) is 16.3. The summed E-state index contributed by atoms with van der Waals surface area (Å²) in [5.74, 6) is 3.47. The fourth-order valence-corrected chi connectivity index (χ4v) is 4.65. The summed E-state index contributed by atoms with van der Waals surface area (Å²) >= 11 is 1.82. The number of aromatic hydroxyl groups is 1. The fourth-order valence-electron chi connectivity index (χ4n) is 3.95. The predicted molar refractivity (Wildman–Crippen MR) is 116 cm³/mol. The van der Waals surface area contributed by atoms with Crippen molar-refractivity contribution >= 4 is 17.4 Å². The van der Waals surface area contributed by atoms with Crippen LogP contribution in [0.4, 0.5) is 5.69 Å². The molecule has 5 nitrogen and oxygen atoms in total. The summed E-state index contributed by atoms with van der Waals surface area (Å²) < 4.78 is 16.4. The summed E-state index contributed by atoms with van der Waals surface area (Å²) in [5, 5.41) is 10.4. The van der Waals surface area contributed by atoms with Gasteiger partial charge in [0.05, 0.1) is 21.3 Å². The van der Waals surface area contributed by atoms with E-state index in [4.69, 9.17) is 14.2 Å². The van der Waals surface area contributed by atoms with Crippen molar-refractivity contribution in [1.82, 2.24) is 0 Å². The minimum Gasteiger partial charge on any atom is -0.504 e. The Labute approximate surface area is 171 Å². The van der Waals surface area contributed by atoms with Crippen LogP contribution in [0.25, 0.3) is 0 Å². The Morgan fingerprint density at radius 1 is 1.00 bits per heavy atom. The number of phenolic OH excluding ortho intramolecular Hbond substituents is 1. The molecule has 3 rings (SSSR count).